The molecule has 0 aromatic heterocycles. The smallest absolute Gasteiger partial charge is 0.0165 e. The average molecular weight is 172 g/mol. The second-order valence-corrected chi connectivity index (χ2v) is 3.72. The van der Waals surface area contributed by atoms with Gasteiger partial charge in [0.25, 0.3) is 0 Å². The maximum Gasteiger partial charge on any atom is 0.0165 e. The van der Waals surface area contributed by atoms with Crippen molar-refractivity contribution in [3.63, 3.8) is 0 Å². The van der Waals surface area contributed by atoms with Crippen LogP contribution in [0, 0.1) is 5.92 Å². The normalized spacial score (nSPS) is 16.0. The van der Waals surface area contributed by atoms with Crippen molar-refractivity contribution >= 4 is 0 Å². The molecule has 0 aliphatic carbocycles. The molecule has 0 bridgehead atoms. The van der Waals surface area contributed by atoms with Gasteiger partial charge in [-0.3, -0.25) is 0 Å². The van der Waals surface area contributed by atoms with Crippen molar-refractivity contribution in [3.8, 4) is 0 Å². The molecule has 0 amide bonds. The van der Waals surface area contributed by atoms with Gasteiger partial charge in [0.15, 0.2) is 0 Å². The Morgan fingerprint density at radius 1 is 1.25 bits per heavy atom. The predicted molar refractivity (Wildman–Crippen MR) is 55.2 cm³/mol. The summed E-state index contributed by atoms with van der Waals surface area (Å²) < 4.78 is 0. The fourth-order valence-electron chi connectivity index (χ4n) is 1.13. The lowest BCUT2D eigenvalue weighted by molar-refractivity contribution is 0.467. The highest BCUT2D eigenvalue weighted by atomic mass is 14.9. The van der Waals surface area contributed by atoms with Gasteiger partial charge in [0.05, 0.1) is 0 Å². The second kappa shape index (κ2) is 7.56. The van der Waals surface area contributed by atoms with E-state index in [2.05, 4.69) is 26.1 Å². The van der Waals surface area contributed by atoms with Crippen LogP contribution < -0.4 is 11.1 Å². The van der Waals surface area contributed by atoms with Crippen molar-refractivity contribution < 1.29 is 0 Å². The highest BCUT2D eigenvalue weighted by molar-refractivity contribution is 4.64. The van der Waals surface area contributed by atoms with Gasteiger partial charge in [-0.15, -0.1) is 0 Å². The van der Waals surface area contributed by atoms with E-state index in [-0.39, 0.29) is 0 Å². The first kappa shape index (κ1) is 11.9. The second-order valence-electron chi connectivity index (χ2n) is 3.72. The van der Waals surface area contributed by atoms with Crippen LogP contribution in [0.15, 0.2) is 0 Å². The van der Waals surface area contributed by atoms with Crippen LogP contribution in [0.2, 0.25) is 0 Å². The van der Waals surface area contributed by atoms with Crippen LogP contribution in [0.25, 0.3) is 0 Å². The Labute approximate surface area is 76.9 Å². The van der Waals surface area contributed by atoms with Crippen LogP contribution in [-0.2, 0) is 0 Å². The highest BCUT2D eigenvalue weighted by Gasteiger charge is 2.01. The molecule has 3 N–H and O–H groups in total. The molecule has 0 saturated carbocycles. The first-order valence-electron chi connectivity index (χ1n) is 5.16. The van der Waals surface area contributed by atoms with Crippen molar-refractivity contribution in [1.29, 1.82) is 0 Å². The van der Waals surface area contributed by atoms with E-state index in [9.17, 15) is 0 Å². The minimum absolute atomic E-state index is 0.346. The molecule has 0 rings (SSSR count). The van der Waals surface area contributed by atoms with Crippen molar-refractivity contribution in [2.45, 2.75) is 46.1 Å². The number of hydrogen-bond acceptors (Lipinski definition) is 2. The molecule has 0 aromatic carbocycles. The zero-order chi connectivity index (χ0) is 9.40. The summed E-state index contributed by atoms with van der Waals surface area (Å²) in [4.78, 5) is 0. The van der Waals surface area contributed by atoms with Gasteiger partial charge in [-0.25, -0.2) is 0 Å². The SMILES string of the molecule is CCCC(N)CNCC(C)CC. The minimum Gasteiger partial charge on any atom is -0.327 e. The van der Waals surface area contributed by atoms with E-state index in [1.807, 2.05) is 0 Å². The summed E-state index contributed by atoms with van der Waals surface area (Å²) in [6.45, 7) is 8.73. The first-order valence-corrected chi connectivity index (χ1v) is 5.16. The predicted octanol–water partition coefficient (Wildman–Crippen LogP) is 1.75. The maximum absolute atomic E-state index is 5.85. The average Bonchev–Trinajstić information content (AvgIpc) is 2.04. The van der Waals surface area contributed by atoms with Crippen LogP contribution in [0.5, 0.6) is 0 Å². The molecule has 0 aliphatic heterocycles. The Morgan fingerprint density at radius 3 is 2.42 bits per heavy atom. The van der Waals surface area contributed by atoms with E-state index >= 15 is 0 Å². The van der Waals surface area contributed by atoms with Gasteiger partial charge < -0.3 is 11.1 Å². The molecule has 2 atom stereocenters. The van der Waals surface area contributed by atoms with Crippen LogP contribution in [0.4, 0.5) is 0 Å². The molecule has 2 unspecified atom stereocenters. The third-order valence-corrected chi connectivity index (χ3v) is 2.26. The topological polar surface area (TPSA) is 38.0 Å². The Hall–Kier alpha value is -0.0800. The van der Waals surface area contributed by atoms with Gasteiger partial charge in [0.1, 0.15) is 0 Å². The Kier molecular flexibility index (Phi) is 7.51. The van der Waals surface area contributed by atoms with E-state index < -0.39 is 0 Å². The minimum atomic E-state index is 0.346. The largest absolute Gasteiger partial charge is 0.327 e. The van der Waals surface area contributed by atoms with Crippen molar-refractivity contribution in [3.05, 3.63) is 0 Å². The highest BCUT2D eigenvalue weighted by Crippen LogP contribution is 1.97. The molecular formula is C10H24N2. The van der Waals surface area contributed by atoms with E-state index in [1.54, 1.807) is 0 Å². The van der Waals surface area contributed by atoms with E-state index in [0.29, 0.717) is 6.04 Å². The summed E-state index contributed by atoms with van der Waals surface area (Å²) in [6.07, 6.45) is 3.57. The van der Waals surface area contributed by atoms with E-state index in [0.717, 1.165) is 25.4 Å². The molecule has 0 heterocycles. The number of rotatable bonds is 7. The molecule has 0 aromatic rings. The Bertz CT molecular complexity index is 93.8. The summed E-state index contributed by atoms with van der Waals surface area (Å²) in [5.41, 5.74) is 5.85. The molecule has 0 radical (unpaired) electrons. The van der Waals surface area contributed by atoms with Crippen LogP contribution in [0.3, 0.4) is 0 Å². The zero-order valence-corrected chi connectivity index (χ0v) is 8.77. The standard InChI is InChI=1S/C10H24N2/c1-4-6-10(11)8-12-7-9(3)5-2/h9-10,12H,4-8,11H2,1-3H3. The quantitative estimate of drug-likeness (QED) is 0.614. The van der Waals surface area contributed by atoms with Gasteiger partial charge in [-0.05, 0) is 18.9 Å². The van der Waals surface area contributed by atoms with Crippen molar-refractivity contribution in [2.24, 2.45) is 11.7 Å². The molecule has 2 nitrogen and oxygen atoms in total. The Morgan fingerprint density at radius 2 is 1.92 bits per heavy atom. The summed E-state index contributed by atoms with van der Waals surface area (Å²) in [5, 5.41) is 3.40. The first-order chi connectivity index (χ1) is 5.70. The van der Waals surface area contributed by atoms with Crippen molar-refractivity contribution in [2.75, 3.05) is 13.1 Å². The van der Waals surface area contributed by atoms with Gasteiger partial charge in [-0.1, -0.05) is 33.6 Å². The molecule has 0 aliphatic rings. The third-order valence-electron chi connectivity index (χ3n) is 2.26. The fraction of sp³-hybridized carbons (Fsp3) is 1.00. The molecule has 74 valence electrons. The maximum atomic E-state index is 5.85. The molecule has 2 heteroatoms. The monoisotopic (exact) mass is 172 g/mol. The number of hydrogen-bond donors (Lipinski definition) is 2. The zero-order valence-electron chi connectivity index (χ0n) is 8.77. The van der Waals surface area contributed by atoms with E-state index in [4.69, 9.17) is 5.73 Å². The summed E-state index contributed by atoms with van der Waals surface area (Å²) in [6, 6.07) is 0.346. The lowest BCUT2D eigenvalue weighted by atomic mass is 10.1. The van der Waals surface area contributed by atoms with Gasteiger partial charge in [-0.2, -0.15) is 0 Å². The lowest BCUT2D eigenvalue weighted by Crippen LogP contribution is -2.35. The molecule has 0 fully saturated rings. The fourth-order valence-corrected chi connectivity index (χ4v) is 1.13. The van der Waals surface area contributed by atoms with Crippen LogP contribution in [0.1, 0.15) is 40.0 Å². The summed E-state index contributed by atoms with van der Waals surface area (Å²) >= 11 is 0. The molecular weight excluding hydrogens is 148 g/mol. The Balaban J connectivity index is 3.18. The van der Waals surface area contributed by atoms with Crippen LogP contribution in [-0.4, -0.2) is 19.1 Å². The number of nitrogens with two attached hydrogens (primary N) is 1. The summed E-state index contributed by atoms with van der Waals surface area (Å²) in [7, 11) is 0. The van der Waals surface area contributed by atoms with Crippen molar-refractivity contribution in [1.82, 2.24) is 5.32 Å². The molecule has 0 saturated heterocycles. The summed E-state index contributed by atoms with van der Waals surface area (Å²) in [5.74, 6) is 0.777. The van der Waals surface area contributed by atoms with Gasteiger partial charge in [0.2, 0.25) is 0 Å². The van der Waals surface area contributed by atoms with Gasteiger partial charge in [0, 0.05) is 12.6 Å². The number of nitrogens with one attached hydrogen (secondary N) is 1. The van der Waals surface area contributed by atoms with Crippen LogP contribution >= 0.6 is 0 Å². The van der Waals surface area contributed by atoms with E-state index in [1.165, 1.54) is 12.8 Å². The lowest BCUT2D eigenvalue weighted by Gasteiger charge is -2.14. The molecule has 0 spiro atoms. The third kappa shape index (κ3) is 6.62. The molecule has 12 heavy (non-hydrogen) atoms. The van der Waals surface area contributed by atoms with Gasteiger partial charge >= 0.3 is 0 Å².